The van der Waals surface area contributed by atoms with E-state index in [2.05, 4.69) is 40.4 Å². The normalized spacial score (nSPS) is 12.9. The van der Waals surface area contributed by atoms with Crippen molar-refractivity contribution >= 4 is 5.82 Å². The lowest BCUT2D eigenvalue weighted by atomic mass is 10.1. The Morgan fingerprint density at radius 2 is 2.14 bits per heavy atom. The molecule has 0 radical (unpaired) electrons. The molecule has 2 aromatic rings. The van der Waals surface area contributed by atoms with Crippen LogP contribution in [0.2, 0.25) is 0 Å². The van der Waals surface area contributed by atoms with E-state index in [9.17, 15) is 0 Å². The van der Waals surface area contributed by atoms with Crippen LogP contribution in [-0.4, -0.2) is 23.1 Å². The number of rotatable bonds is 5. The van der Waals surface area contributed by atoms with Crippen LogP contribution in [0.15, 0.2) is 24.3 Å². The Labute approximate surface area is 125 Å². The molecule has 0 saturated carbocycles. The topological polar surface area (TPSA) is 47.0 Å². The zero-order chi connectivity index (χ0) is 14.7. The number of benzene rings is 1. The first-order valence-corrected chi connectivity index (χ1v) is 7.57. The molecule has 110 valence electrons. The highest BCUT2D eigenvalue weighted by atomic mass is 16.5. The van der Waals surface area contributed by atoms with E-state index in [4.69, 9.17) is 4.74 Å². The molecule has 0 atom stereocenters. The lowest BCUT2D eigenvalue weighted by Crippen LogP contribution is -2.08. The highest BCUT2D eigenvalue weighted by Gasteiger charge is 2.11. The van der Waals surface area contributed by atoms with Crippen LogP contribution in [0.3, 0.4) is 0 Å². The van der Waals surface area contributed by atoms with Gasteiger partial charge >= 0.3 is 0 Å². The lowest BCUT2D eigenvalue weighted by molar-refractivity contribution is 0.357. The van der Waals surface area contributed by atoms with Crippen LogP contribution < -0.4 is 10.1 Å². The van der Waals surface area contributed by atoms with E-state index in [1.54, 1.807) is 0 Å². The van der Waals surface area contributed by atoms with Gasteiger partial charge in [-0.2, -0.15) is 0 Å². The summed E-state index contributed by atoms with van der Waals surface area (Å²) in [5.41, 5.74) is 3.76. The van der Waals surface area contributed by atoms with E-state index in [1.807, 2.05) is 13.0 Å². The Kier molecular flexibility index (Phi) is 4.04. The summed E-state index contributed by atoms with van der Waals surface area (Å²) in [6.07, 6.45) is 2.95. The average Bonchev–Trinajstić information content (AvgIpc) is 2.94. The fourth-order valence-corrected chi connectivity index (χ4v) is 2.63. The number of nitrogens with zero attached hydrogens (tertiary/aromatic N) is 2. The molecule has 21 heavy (non-hydrogen) atoms. The maximum atomic E-state index is 5.53. The third-order valence-electron chi connectivity index (χ3n) is 3.73. The molecule has 0 amide bonds. The minimum absolute atomic E-state index is 0.817. The van der Waals surface area contributed by atoms with Gasteiger partial charge < -0.3 is 10.1 Å². The van der Waals surface area contributed by atoms with Gasteiger partial charge in [0, 0.05) is 24.7 Å². The van der Waals surface area contributed by atoms with Gasteiger partial charge in [-0.15, -0.1) is 0 Å². The van der Waals surface area contributed by atoms with Crippen LogP contribution in [-0.2, 0) is 19.3 Å². The molecule has 1 N–H and O–H groups in total. The monoisotopic (exact) mass is 283 g/mol. The summed E-state index contributed by atoms with van der Waals surface area (Å²) in [5, 5.41) is 3.39. The van der Waals surface area contributed by atoms with Crippen molar-refractivity contribution in [1.29, 1.82) is 0 Å². The molecule has 2 heterocycles. The Morgan fingerprint density at radius 1 is 1.24 bits per heavy atom. The van der Waals surface area contributed by atoms with Gasteiger partial charge in [0.1, 0.15) is 17.4 Å². The second-order valence-corrected chi connectivity index (χ2v) is 5.36. The van der Waals surface area contributed by atoms with Gasteiger partial charge in [-0.05, 0) is 37.0 Å². The largest absolute Gasteiger partial charge is 0.493 e. The van der Waals surface area contributed by atoms with Gasteiger partial charge in [-0.1, -0.05) is 19.1 Å². The maximum Gasteiger partial charge on any atom is 0.129 e. The molecule has 0 spiro atoms. The maximum absolute atomic E-state index is 5.53. The SMILES string of the molecule is CCc1cc(NCCc2ccc3c(c2)CCO3)nc(C)n1. The Balaban J connectivity index is 1.60. The average molecular weight is 283 g/mol. The molecule has 1 aliphatic rings. The molecule has 4 heteroatoms. The van der Waals surface area contributed by atoms with Crippen molar-refractivity contribution in [3.05, 3.63) is 46.9 Å². The zero-order valence-corrected chi connectivity index (χ0v) is 12.6. The molecular weight excluding hydrogens is 262 g/mol. The lowest BCUT2D eigenvalue weighted by Gasteiger charge is -2.08. The first kappa shape index (κ1) is 13.9. The number of anilines is 1. The van der Waals surface area contributed by atoms with Crippen LogP contribution >= 0.6 is 0 Å². The first-order chi connectivity index (χ1) is 10.2. The van der Waals surface area contributed by atoms with Crippen molar-refractivity contribution in [2.45, 2.75) is 33.1 Å². The number of hydrogen-bond acceptors (Lipinski definition) is 4. The van der Waals surface area contributed by atoms with E-state index in [1.165, 1.54) is 11.1 Å². The summed E-state index contributed by atoms with van der Waals surface area (Å²) < 4.78 is 5.53. The van der Waals surface area contributed by atoms with Crippen molar-refractivity contribution in [3.63, 3.8) is 0 Å². The van der Waals surface area contributed by atoms with Crippen LogP contribution in [0.5, 0.6) is 5.75 Å². The summed E-state index contributed by atoms with van der Waals surface area (Å²) in [4.78, 5) is 8.82. The fraction of sp³-hybridized carbons (Fsp3) is 0.412. The minimum Gasteiger partial charge on any atom is -0.493 e. The molecule has 0 fully saturated rings. The number of nitrogens with one attached hydrogen (secondary N) is 1. The smallest absolute Gasteiger partial charge is 0.129 e. The molecule has 1 aromatic carbocycles. The first-order valence-electron chi connectivity index (χ1n) is 7.57. The molecule has 0 bridgehead atoms. The van der Waals surface area contributed by atoms with E-state index >= 15 is 0 Å². The van der Waals surface area contributed by atoms with E-state index in [0.717, 1.165) is 55.5 Å². The van der Waals surface area contributed by atoms with Gasteiger partial charge in [0.15, 0.2) is 0 Å². The Morgan fingerprint density at radius 3 is 3.00 bits per heavy atom. The predicted molar refractivity (Wildman–Crippen MR) is 84.0 cm³/mol. The van der Waals surface area contributed by atoms with E-state index in [-0.39, 0.29) is 0 Å². The molecule has 1 aromatic heterocycles. The van der Waals surface area contributed by atoms with Crippen LogP contribution in [0, 0.1) is 6.92 Å². The molecule has 1 aliphatic heterocycles. The van der Waals surface area contributed by atoms with Crippen molar-refractivity contribution in [2.24, 2.45) is 0 Å². The minimum atomic E-state index is 0.817. The summed E-state index contributed by atoms with van der Waals surface area (Å²) in [7, 11) is 0. The third kappa shape index (κ3) is 3.32. The van der Waals surface area contributed by atoms with Gasteiger partial charge in [0.2, 0.25) is 0 Å². The van der Waals surface area contributed by atoms with Crippen molar-refractivity contribution in [3.8, 4) is 5.75 Å². The fourth-order valence-electron chi connectivity index (χ4n) is 2.63. The quantitative estimate of drug-likeness (QED) is 0.916. The summed E-state index contributed by atoms with van der Waals surface area (Å²) in [6, 6.07) is 8.52. The zero-order valence-electron chi connectivity index (χ0n) is 12.6. The summed E-state index contributed by atoms with van der Waals surface area (Å²) in [5.74, 6) is 2.79. The van der Waals surface area contributed by atoms with Gasteiger partial charge in [0.05, 0.1) is 6.61 Å². The predicted octanol–water partition coefficient (Wildman–Crippen LogP) is 2.94. The number of fused-ring (bicyclic) bond motifs is 1. The third-order valence-corrected chi connectivity index (χ3v) is 3.73. The second-order valence-electron chi connectivity index (χ2n) is 5.36. The van der Waals surface area contributed by atoms with Crippen molar-refractivity contribution < 1.29 is 4.74 Å². The number of aromatic nitrogens is 2. The van der Waals surface area contributed by atoms with Crippen molar-refractivity contribution in [2.75, 3.05) is 18.5 Å². The standard InChI is InChI=1S/C17H21N3O/c1-3-15-11-17(20-12(2)19-15)18-8-6-13-4-5-16-14(10-13)7-9-21-16/h4-5,10-11H,3,6-9H2,1-2H3,(H,18,19,20). The molecule has 3 rings (SSSR count). The molecule has 0 saturated heterocycles. The summed E-state index contributed by atoms with van der Waals surface area (Å²) in [6.45, 7) is 5.74. The summed E-state index contributed by atoms with van der Waals surface area (Å²) >= 11 is 0. The molecular formula is C17H21N3O. The van der Waals surface area contributed by atoms with Crippen LogP contribution in [0.4, 0.5) is 5.82 Å². The van der Waals surface area contributed by atoms with Gasteiger partial charge in [-0.25, -0.2) is 9.97 Å². The number of hydrogen-bond donors (Lipinski definition) is 1. The van der Waals surface area contributed by atoms with Gasteiger partial charge in [0.25, 0.3) is 0 Å². The second kappa shape index (κ2) is 6.12. The van der Waals surface area contributed by atoms with E-state index in [0.29, 0.717) is 0 Å². The van der Waals surface area contributed by atoms with E-state index < -0.39 is 0 Å². The van der Waals surface area contributed by atoms with Crippen LogP contribution in [0.25, 0.3) is 0 Å². The molecule has 0 unspecified atom stereocenters. The highest BCUT2D eigenvalue weighted by molar-refractivity contribution is 5.41. The van der Waals surface area contributed by atoms with Crippen molar-refractivity contribution in [1.82, 2.24) is 9.97 Å². The molecule has 4 nitrogen and oxygen atoms in total. The van der Waals surface area contributed by atoms with Crippen LogP contribution in [0.1, 0.15) is 29.6 Å². The Hall–Kier alpha value is -2.10. The molecule has 0 aliphatic carbocycles. The number of ether oxygens (including phenoxy) is 1. The highest BCUT2D eigenvalue weighted by Crippen LogP contribution is 2.25. The van der Waals surface area contributed by atoms with Gasteiger partial charge in [-0.3, -0.25) is 0 Å². The Bertz CT molecular complexity index is 640. The number of aryl methyl sites for hydroxylation is 2.